The van der Waals surface area contributed by atoms with Crippen LogP contribution in [0.15, 0.2) is 36.4 Å². The number of rotatable bonds is 4. The zero-order chi connectivity index (χ0) is 28.0. The number of nitrogens with one attached hydrogen (secondary N) is 1. The van der Waals surface area contributed by atoms with Gasteiger partial charge in [0.15, 0.2) is 11.5 Å². The van der Waals surface area contributed by atoms with Crippen LogP contribution >= 0.6 is 0 Å². The number of hydrogen-bond acceptors (Lipinski definition) is 6. The van der Waals surface area contributed by atoms with Crippen LogP contribution in [0.25, 0.3) is 0 Å². The zero-order valence-electron chi connectivity index (χ0n) is 24.3. The van der Waals surface area contributed by atoms with Gasteiger partial charge in [-0.2, -0.15) is 0 Å². The van der Waals surface area contributed by atoms with Crippen molar-refractivity contribution in [2.45, 2.75) is 43.7 Å². The van der Waals surface area contributed by atoms with Gasteiger partial charge in [0.05, 0.1) is 25.6 Å². The number of anilines is 1. The number of carbonyl (C=O) groups is 1. The van der Waals surface area contributed by atoms with Crippen molar-refractivity contribution in [1.29, 1.82) is 0 Å². The maximum atomic E-state index is 14.0. The van der Waals surface area contributed by atoms with E-state index in [1.54, 1.807) is 14.2 Å². The van der Waals surface area contributed by atoms with Gasteiger partial charge >= 0.3 is 0 Å². The van der Waals surface area contributed by atoms with Crippen LogP contribution in [-0.4, -0.2) is 80.7 Å². The molecule has 0 radical (unpaired) electrons. The van der Waals surface area contributed by atoms with Crippen LogP contribution in [0.4, 0.5) is 5.69 Å². The summed E-state index contributed by atoms with van der Waals surface area (Å²) in [6.07, 6.45) is 2.93. The highest BCUT2D eigenvalue weighted by atomic mass is 16.5. The third-order valence-corrected chi connectivity index (χ3v) is 10.9. The van der Waals surface area contributed by atoms with E-state index in [1.165, 1.54) is 16.7 Å². The van der Waals surface area contributed by atoms with Crippen molar-refractivity contribution in [3.8, 4) is 17.2 Å². The molecule has 214 valence electrons. The fourth-order valence-electron chi connectivity index (χ4n) is 8.85. The minimum absolute atomic E-state index is 0.0837. The number of piperazine rings is 1. The molecule has 5 aliphatic rings. The van der Waals surface area contributed by atoms with E-state index < -0.39 is 0 Å². The van der Waals surface area contributed by atoms with E-state index >= 15 is 0 Å². The van der Waals surface area contributed by atoms with Crippen LogP contribution in [0, 0.1) is 12.8 Å². The summed E-state index contributed by atoms with van der Waals surface area (Å²) in [6, 6.07) is 12.9. The summed E-state index contributed by atoms with van der Waals surface area (Å²) in [4.78, 5) is 24.6. The van der Waals surface area contributed by atoms with Crippen molar-refractivity contribution in [1.82, 2.24) is 14.8 Å². The van der Waals surface area contributed by atoms with Crippen LogP contribution in [0.1, 0.15) is 51.0 Å². The molecule has 3 aliphatic heterocycles. The monoisotopic (exact) mass is 554 g/mol. The Labute approximate surface area is 241 Å². The molecule has 1 aromatic heterocycles. The number of likely N-dealkylation sites (N-methyl/N-ethyl adjacent to an activating group) is 1. The van der Waals surface area contributed by atoms with Gasteiger partial charge in [-0.05, 0) is 80.6 Å². The fourth-order valence-corrected chi connectivity index (χ4v) is 8.85. The predicted octanol–water partition coefficient (Wildman–Crippen LogP) is 4.11. The van der Waals surface area contributed by atoms with Crippen molar-refractivity contribution in [2.75, 3.05) is 58.9 Å². The number of methoxy groups -OCH3 is 2. The Kier molecular flexibility index (Phi) is 5.46. The first-order chi connectivity index (χ1) is 20.0. The quantitative estimate of drug-likeness (QED) is 0.524. The smallest absolute Gasteiger partial charge is 0.270 e. The summed E-state index contributed by atoms with van der Waals surface area (Å²) in [5.41, 5.74) is 7.96. The minimum Gasteiger partial charge on any atom is -0.495 e. The predicted molar refractivity (Wildman–Crippen MR) is 157 cm³/mol. The highest BCUT2D eigenvalue weighted by Crippen LogP contribution is 2.67. The summed E-state index contributed by atoms with van der Waals surface area (Å²) in [5.74, 6) is 3.14. The van der Waals surface area contributed by atoms with E-state index in [1.807, 2.05) is 23.1 Å². The number of likely N-dealkylation sites (tertiary alicyclic amines) is 1. The summed E-state index contributed by atoms with van der Waals surface area (Å²) in [5, 5.41) is 0. The number of para-hydroxylation sites is 2. The minimum atomic E-state index is -0.125. The molecule has 1 N–H and O–H groups in total. The van der Waals surface area contributed by atoms with Gasteiger partial charge < -0.3 is 33.9 Å². The van der Waals surface area contributed by atoms with Gasteiger partial charge in [-0.1, -0.05) is 18.2 Å². The number of aromatic amines is 1. The number of amides is 1. The molecule has 41 heavy (non-hydrogen) atoms. The molecule has 2 aliphatic carbocycles. The van der Waals surface area contributed by atoms with Crippen LogP contribution in [0.3, 0.4) is 0 Å². The molecule has 1 spiro atoms. The van der Waals surface area contributed by atoms with Crippen molar-refractivity contribution in [3.63, 3.8) is 0 Å². The van der Waals surface area contributed by atoms with E-state index in [0.29, 0.717) is 25.0 Å². The Morgan fingerprint density at radius 2 is 1.78 bits per heavy atom. The Hall–Kier alpha value is -3.65. The second kappa shape index (κ2) is 8.92. The summed E-state index contributed by atoms with van der Waals surface area (Å²) in [7, 11) is 5.71. The first kappa shape index (κ1) is 25.1. The topological polar surface area (TPSA) is 70.3 Å². The summed E-state index contributed by atoms with van der Waals surface area (Å²) < 4.78 is 18.3. The van der Waals surface area contributed by atoms with Gasteiger partial charge in [0, 0.05) is 43.2 Å². The van der Waals surface area contributed by atoms with Crippen LogP contribution in [0.2, 0.25) is 0 Å². The molecule has 1 amide bonds. The van der Waals surface area contributed by atoms with Crippen molar-refractivity contribution in [2.24, 2.45) is 5.92 Å². The molecule has 1 unspecified atom stereocenters. The number of benzene rings is 2. The van der Waals surface area contributed by atoms with E-state index in [-0.39, 0.29) is 17.4 Å². The highest BCUT2D eigenvalue weighted by molar-refractivity contribution is 5.95. The second-order valence-electron chi connectivity index (χ2n) is 12.5. The van der Waals surface area contributed by atoms with E-state index in [4.69, 9.17) is 14.2 Å². The van der Waals surface area contributed by atoms with Gasteiger partial charge in [-0.3, -0.25) is 4.79 Å². The first-order valence-corrected chi connectivity index (χ1v) is 14.9. The lowest BCUT2D eigenvalue weighted by Gasteiger charge is -2.57. The Bertz CT molecular complexity index is 1560. The molecule has 3 aromatic rings. The lowest BCUT2D eigenvalue weighted by atomic mass is 9.51. The molecule has 8 nitrogen and oxygen atoms in total. The maximum Gasteiger partial charge on any atom is 0.270 e. The highest BCUT2D eigenvalue weighted by Gasteiger charge is 2.65. The van der Waals surface area contributed by atoms with Gasteiger partial charge in [0.25, 0.3) is 5.91 Å². The standard InChI is InChI=1S/C33H38N4O4/c1-19-21-18-22-24-17-20-9-10-26(40-4)30-27(20)33(22,11-12-35(24)2)31(41-30)29(21)34-28(19)32(38)37-15-13-36(14-16-37)23-7-5-6-8-25(23)39-3/h5-10,22,24,31,34H,11-18H2,1-4H3/t22?,24-,31-,33-/m0/s1. The number of aromatic nitrogens is 1. The van der Waals surface area contributed by atoms with Gasteiger partial charge in [0.2, 0.25) is 0 Å². The van der Waals surface area contributed by atoms with Crippen LogP contribution in [-0.2, 0) is 18.3 Å². The SMILES string of the molecule is COc1ccccc1N1CCN(C(=O)c2[nH]c3c(c2C)CC2[C@@H]4Cc5ccc(OC)c6c5[C@@]2(CCN4C)[C@H]3O6)CC1. The molecule has 4 atom stereocenters. The van der Waals surface area contributed by atoms with Crippen molar-refractivity contribution in [3.05, 3.63) is 70.0 Å². The molecule has 2 bridgehead atoms. The van der Waals surface area contributed by atoms with E-state index in [9.17, 15) is 4.79 Å². The summed E-state index contributed by atoms with van der Waals surface area (Å²) in [6.45, 7) is 6.07. The number of hydrogen-bond donors (Lipinski definition) is 1. The lowest BCUT2D eigenvalue weighted by Crippen LogP contribution is -2.62. The van der Waals surface area contributed by atoms with Gasteiger partial charge in [-0.25, -0.2) is 0 Å². The second-order valence-corrected chi connectivity index (χ2v) is 12.5. The first-order valence-electron chi connectivity index (χ1n) is 14.9. The maximum absolute atomic E-state index is 14.0. The molecule has 2 aromatic carbocycles. The van der Waals surface area contributed by atoms with Crippen LogP contribution < -0.4 is 19.1 Å². The number of nitrogens with zero attached hydrogens (tertiary/aromatic N) is 3. The lowest BCUT2D eigenvalue weighted by molar-refractivity contribution is -0.0256. The fraction of sp³-hybridized carbons (Fsp3) is 0.485. The van der Waals surface area contributed by atoms with Crippen molar-refractivity contribution >= 4 is 11.6 Å². The average Bonchev–Trinajstić information content (AvgIpc) is 3.53. The molecule has 2 fully saturated rings. The third-order valence-electron chi connectivity index (χ3n) is 10.9. The zero-order valence-corrected chi connectivity index (χ0v) is 24.3. The molecule has 8 rings (SSSR count). The van der Waals surface area contributed by atoms with Crippen LogP contribution in [0.5, 0.6) is 17.2 Å². The Morgan fingerprint density at radius 3 is 2.56 bits per heavy atom. The van der Waals surface area contributed by atoms with E-state index in [0.717, 1.165) is 78.8 Å². The molecule has 8 heteroatoms. The molecular weight excluding hydrogens is 516 g/mol. The normalized spacial score (nSPS) is 27.7. The number of piperidine rings is 1. The number of ether oxygens (including phenoxy) is 3. The molecular formula is C33H38N4O4. The number of fused-ring (bicyclic) bond motifs is 2. The molecule has 0 saturated carbocycles. The molecule has 4 heterocycles. The van der Waals surface area contributed by atoms with Crippen molar-refractivity contribution < 1.29 is 19.0 Å². The Balaban J connectivity index is 1.13. The summed E-state index contributed by atoms with van der Waals surface area (Å²) >= 11 is 0. The number of H-pyrrole nitrogens is 1. The average molecular weight is 555 g/mol. The molecule has 2 saturated heterocycles. The number of carbonyl (C=O) groups excluding carboxylic acids is 1. The van der Waals surface area contributed by atoms with Gasteiger partial charge in [0.1, 0.15) is 17.5 Å². The third kappa shape index (κ3) is 3.28. The van der Waals surface area contributed by atoms with Gasteiger partial charge in [-0.15, -0.1) is 0 Å². The largest absolute Gasteiger partial charge is 0.495 e. The Morgan fingerprint density at radius 1 is 1.00 bits per heavy atom. The van der Waals surface area contributed by atoms with E-state index in [2.05, 4.69) is 47.0 Å².